The molecule has 0 aromatic heterocycles. The summed E-state index contributed by atoms with van der Waals surface area (Å²) in [7, 11) is 0. The molecule has 0 bridgehead atoms. The Labute approximate surface area is 94.2 Å². The van der Waals surface area contributed by atoms with Crippen molar-refractivity contribution in [2.24, 2.45) is 11.7 Å². The van der Waals surface area contributed by atoms with E-state index < -0.39 is 0 Å². The van der Waals surface area contributed by atoms with Crippen molar-refractivity contribution in [3.63, 3.8) is 0 Å². The Morgan fingerprint density at radius 3 is 2.40 bits per heavy atom. The van der Waals surface area contributed by atoms with Gasteiger partial charge in [0.15, 0.2) is 0 Å². The van der Waals surface area contributed by atoms with Gasteiger partial charge in [-0.15, -0.1) is 0 Å². The van der Waals surface area contributed by atoms with Gasteiger partial charge in [0.2, 0.25) is 0 Å². The molecule has 0 spiro atoms. The van der Waals surface area contributed by atoms with E-state index in [1.54, 1.807) is 0 Å². The lowest BCUT2D eigenvalue weighted by molar-refractivity contribution is 0.0626. The molecule has 1 saturated carbocycles. The maximum atomic E-state index is 6.03. The van der Waals surface area contributed by atoms with E-state index in [1.165, 1.54) is 45.1 Å². The second-order valence-electron chi connectivity index (χ2n) is 5.89. The van der Waals surface area contributed by atoms with Crippen LogP contribution in [0.3, 0.4) is 0 Å². The second-order valence-corrected chi connectivity index (χ2v) is 5.89. The largest absolute Gasteiger partial charge is 0.329 e. The molecule has 0 radical (unpaired) electrons. The van der Waals surface area contributed by atoms with Crippen LogP contribution in [-0.4, -0.2) is 29.6 Å². The minimum absolute atomic E-state index is 0.279. The zero-order chi connectivity index (χ0) is 10.9. The predicted molar refractivity (Wildman–Crippen MR) is 64.8 cm³/mol. The molecule has 2 N–H and O–H groups in total. The molecule has 2 unspecified atom stereocenters. The van der Waals surface area contributed by atoms with Crippen molar-refractivity contribution in [3.05, 3.63) is 0 Å². The molecule has 1 heterocycles. The lowest BCUT2D eigenvalue weighted by Gasteiger charge is -2.44. The number of hydrogen-bond acceptors (Lipinski definition) is 2. The van der Waals surface area contributed by atoms with Crippen LogP contribution in [0.25, 0.3) is 0 Å². The van der Waals surface area contributed by atoms with Gasteiger partial charge in [-0.2, -0.15) is 0 Å². The minimum Gasteiger partial charge on any atom is -0.329 e. The van der Waals surface area contributed by atoms with Crippen molar-refractivity contribution in [1.82, 2.24) is 4.90 Å². The highest BCUT2D eigenvalue weighted by Gasteiger charge is 2.38. The minimum atomic E-state index is 0.279. The number of nitrogens with two attached hydrogens (primary N) is 1. The van der Waals surface area contributed by atoms with Gasteiger partial charge >= 0.3 is 0 Å². The van der Waals surface area contributed by atoms with Gasteiger partial charge in [0.05, 0.1) is 0 Å². The molecule has 1 aliphatic carbocycles. The first-order chi connectivity index (χ1) is 7.15. The number of rotatable bonds is 4. The normalized spacial score (nSPS) is 32.6. The fourth-order valence-electron chi connectivity index (χ4n) is 3.37. The van der Waals surface area contributed by atoms with E-state index in [4.69, 9.17) is 5.73 Å². The van der Waals surface area contributed by atoms with Gasteiger partial charge in [0.25, 0.3) is 0 Å². The fourth-order valence-corrected chi connectivity index (χ4v) is 3.37. The molecule has 2 rings (SSSR count). The Morgan fingerprint density at radius 2 is 2.00 bits per heavy atom. The molecular weight excluding hydrogens is 184 g/mol. The van der Waals surface area contributed by atoms with E-state index in [0.717, 1.165) is 18.5 Å². The van der Waals surface area contributed by atoms with E-state index in [-0.39, 0.29) is 5.54 Å². The van der Waals surface area contributed by atoms with Gasteiger partial charge in [0.1, 0.15) is 0 Å². The maximum absolute atomic E-state index is 6.03. The fraction of sp³-hybridized carbons (Fsp3) is 1.00. The van der Waals surface area contributed by atoms with Crippen molar-refractivity contribution < 1.29 is 0 Å². The first-order valence-electron chi connectivity index (χ1n) is 6.62. The van der Waals surface area contributed by atoms with Crippen molar-refractivity contribution in [1.29, 1.82) is 0 Å². The average Bonchev–Trinajstić information content (AvgIpc) is 2.58. The standard InChI is InChI=1S/C13H26N2/c1-11-5-4-8-15(11)13(2,10-14)9-12-6-3-7-12/h11-12H,3-10,14H2,1-2H3. The predicted octanol–water partition coefficient (Wildman–Crippen LogP) is 2.38. The summed E-state index contributed by atoms with van der Waals surface area (Å²) in [6.45, 7) is 6.84. The summed E-state index contributed by atoms with van der Waals surface area (Å²) in [5.41, 5.74) is 6.31. The van der Waals surface area contributed by atoms with E-state index in [9.17, 15) is 0 Å². The second kappa shape index (κ2) is 4.42. The SMILES string of the molecule is CC1CCCN1C(C)(CN)CC1CCC1. The molecule has 1 aliphatic heterocycles. The summed E-state index contributed by atoms with van der Waals surface area (Å²) < 4.78 is 0. The quantitative estimate of drug-likeness (QED) is 0.772. The lowest BCUT2D eigenvalue weighted by atomic mass is 9.75. The lowest BCUT2D eigenvalue weighted by Crippen LogP contribution is -2.54. The Morgan fingerprint density at radius 1 is 1.27 bits per heavy atom. The molecule has 88 valence electrons. The van der Waals surface area contributed by atoms with Gasteiger partial charge < -0.3 is 5.73 Å². The molecule has 0 amide bonds. The molecule has 0 aromatic carbocycles. The van der Waals surface area contributed by atoms with Crippen LogP contribution in [0.4, 0.5) is 0 Å². The number of hydrogen-bond donors (Lipinski definition) is 1. The van der Waals surface area contributed by atoms with Crippen LogP contribution in [0.2, 0.25) is 0 Å². The average molecular weight is 210 g/mol. The molecular formula is C13H26N2. The van der Waals surface area contributed by atoms with Crippen molar-refractivity contribution in [2.45, 2.75) is 64.0 Å². The van der Waals surface area contributed by atoms with Gasteiger partial charge in [-0.1, -0.05) is 19.3 Å². The van der Waals surface area contributed by atoms with E-state index in [1.807, 2.05) is 0 Å². The zero-order valence-electron chi connectivity index (χ0n) is 10.3. The van der Waals surface area contributed by atoms with Gasteiger partial charge in [0, 0.05) is 18.1 Å². The van der Waals surface area contributed by atoms with Crippen molar-refractivity contribution in [3.8, 4) is 0 Å². The van der Waals surface area contributed by atoms with Crippen LogP contribution in [-0.2, 0) is 0 Å². The van der Waals surface area contributed by atoms with Crippen LogP contribution in [0.5, 0.6) is 0 Å². The van der Waals surface area contributed by atoms with Crippen LogP contribution in [0, 0.1) is 5.92 Å². The monoisotopic (exact) mass is 210 g/mol. The summed E-state index contributed by atoms with van der Waals surface area (Å²) in [6, 6.07) is 0.749. The highest BCUT2D eigenvalue weighted by Crippen LogP contribution is 2.38. The summed E-state index contributed by atoms with van der Waals surface area (Å²) in [6.07, 6.45) is 8.38. The van der Waals surface area contributed by atoms with Crippen molar-refractivity contribution >= 4 is 0 Å². The van der Waals surface area contributed by atoms with E-state index in [0.29, 0.717) is 0 Å². The third kappa shape index (κ3) is 2.21. The van der Waals surface area contributed by atoms with Crippen LogP contribution in [0.15, 0.2) is 0 Å². The smallest absolute Gasteiger partial charge is 0.0309 e. The third-order valence-corrected chi connectivity index (χ3v) is 4.64. The molecule has 1 saturated heterocycles. The van der Waals surface area contributed by atoms with Gasteiger partial charge in [-0.05, 0) is 45.6 Å². The molecule has 2 atom stereocenters. The highest BCUT2D eigenvalue weighted by molar-refractivity contribution is 4.95. The van der Waals surface area contributed by atoms with Gasteiger partial charge in [-0.25, -0.2) is 0 Å². The highest BCUT2D eigenvalue weighted by atomic mass is 15.2. The summed E-state index contributed by atoms with van der Waals surface area (Å²) in [5, 5.41) is 0. The Hall–Kier alpha value is -0.0800. The Balaban J connectivity index is 1.98. The van der Waals surface area contributed by atoms with Gasteiger partial charge in [-0.3, -0.25) is 4.90 Å². The van der Waals surface area contributed by atoms with Crippen LogP contribution >= 0.6 is 0 Å². The summed E-state index contributed by atoms with van der Waals surface area (Å²) in [4.78, 5) is 2.67. The summed E-state index contributed by atoms with van der Waals surface area (Å²) >= 11 is 0. The Bertz CT molecular complexity index is 213. The summed E-state index contributed by atoms with van der Waals surface area (Å²) in [5.74, 6) is 0.964. The third-order valence-electron chi connectivity index (χ3n) is 4.64. The van der Waals surface area contributed by atoms with E-state index >= 15 is 0 Å². The number of likely N-dealkylation sites (tertiary alicyclic amines) is 1. The Kier molecular flexibility index (Phi) is 3.36. The molecule has 2 aliphatic rings. The topological polar surface area (TPSA) is 29.3 Å². The molecule has 15 heavy (non-hydrogen) atoms. The first kappa shape index (κ1) is 11.4. The molecule has 2 heteroatoms. The molecule has 2 fully saturated rings. The molecule has 2 nitrogen and oxygen atoms in total. The first-order valence-corrected chi connectivity index (χ1v) is 6.62. The maximum Gasteiger partial charge on any atom is 0.0309 e. The zero-order valence-corrected chi connectivity index (χ0v) is 10.3. The van der Waals surface area contributed by atoms with Crippen LogP contribution < -0.4 is 5.73 Å². The van der Waals surface area contributed by atoms with Crippen LogP contribution in [0.1, 0.15) is 52.4 Å². The molecule has 0 aromatic rings. The van der Waals surface area contributed by atoms with E-state index in [2.05, 4.69) is 18.7 Å². The number of nitrogens with zero attached hydrogens (tertiary/aromatic N) is 1. The van der Waals surface area contributed by atoms with Crippen molar-refractivity contribution in [2.75, 3.05) is 13.1 Å².